The maximum absolute atomic E-state index is 7.77. The van der Waals surface area contributed by atoms with Gasteiger partial charge in [0.1, 0.15) is 0 Å². The van der Waals surface area contributed by atoms with E-state index < -0.39 is 0 Å². The summed E-state index contributed by atoms with van der Waals surface area (Å²) in [6.45, 7) is 6.22. The van der Waals surface area contributed by atoms with Crippen LogP contribution < -0.4 is 0 Å². The third-order valence-electron chi connectivity index (χ3n) is 2.21. The molecule has 0 spiro atoms. The smallest absolute Gasteiger partial charge is 0.0415 e. The second kappa shape index (κ2) is 5.96. The van der Waals surface area contributed by atoms with Crippen molar-refractivity contribution >= 4 is 17.5 Å². The zero-order valence-corrected chi connectivity index (χ0v) is 10.6. The lowest BCUT2D eigenvalue weighted by atomic mass is 10.1. The summed E-state index contributed by atoms with van der Waals surface area (Å²) in [6.07, 6.45) is 8.66. The van der Waals surface area contributed by atoms with E-state index in [1.165, 1.54) is 16.1 Å². The van der Waals surface area contributed by atoms with E-state index in [0.717, 1.165) is 24.3 Å². The first-order valence-corrected chi connectivity index (χ1v) is 6.29. The molecule has 0 unspecified atom stereocenters. The monoisotopic (exact) mass is 221 g/mol. The SMILES string of the molecule is CC(C)=CC(=N)CSC1=C(C)C=CCC1. The number of allylic oxidation sites excluding steroid dienone is 6. The van der Waals surface area contributed by atoms with Gasteiger partial charge < -0.3 is 5.41 Å². The zero-order valence-electron chi connectivity index (χ0n) is 9.76. The first-order valence-electron chi connectivity index (χ1n) is 5.31. The van der Waals surface area contributed by atoms with Crippen LogP contribution in [0.25, 0.3) is 0 Å². The summed E-state index contributed by atoms with van der Waals surface area (Å²) in [7, 11) is 0. The number of hydrogen-bond donors (Lipinski definition) is 1. The van der Waals surface area contributed by atoms with Crippen molar-refractivity contribution in [3.8, 4) is 0 Å². The summed E-state index contributed by atoms with van der Waals surface area (Å²) >= 11 is 1.81. The van der Waals surface area contributed by atoms with E-state index in [2.05, 4.69) is 19.1 Å². The van der Waals surface area contributed by atoms with Gasteiger partial charge in [-0.05, 0) is 50.2 Å². The molecule has 0 heterocycles. The molecular weight excluding hydrogens is 202 g/mol. The summed E-state index contributed by atoms with van der Waals surface area (Å²) in [6, 6.07) is 0. The molecule has 1 nitrogen and oxygen atoms in total. The topological polar surface area (TPSA) is 23.9 Å². The Morgan fingerprint density at radius 2 is 2.27 bits per heavy atom. The molecule has 0 aromatic heterocycles. The lowest BCUT2D eigenvalue weighted by Crippen LogP contribution is -1.98. The first-order chi connectivity index (χ1) is 7.09. The molecule has 0 aromatic carbocycles. The van der Waals surface area contributed by atoms with Gasteiger partial charge in [0.25, 0.3) is 0 Å². The van der Waals surface area contributed by atoms with Gasteiger partial charge in [0.15, 0.2) is 0 Å². The highest BCUT2D eigenvalue weighted by molar-refractivity contribution is 8.03. The van der Waals surface area contributed by atoms with Gasteiger partial charge in [-0.2, -0.15) is 0 Å². The molecule has 1 N–H and O–H groups in total. The van der Waals surface area contributed by atoms with Crippen LogP contribution in [0.4, 0.5) is 0 Å². The summed E-state index contributed by atoms with van der Waals surface area (Å²) in [5.41, 5.74) is 3.29. The van der Waals surface area contributed by atoms with Crippen LogP contribution in [0.2, 0.25) is 0 Å². The van der Waals surface area contributed by atoms with Gasteiger partial charge in [0.05, 0.1) is 0 Å². The van der Waals surface area contributed by atoms with E-state index in [1.807, 2.05) is 31.7 Å². The van der Waals surface area contributed by atoms with Gasteiger partial charge in [0, 0.05) is 11.5 Å². The molecule has 0 bridgehead atoms. The summed E-state index contributed by atoms with van der Waals surface area (Å²) < 4.78 is 0. The van der Waals surface area contributed by atoms with Gasteiger partial charge in [0.2, 0.25) is 0 Å². The van der Waals surface area contributed by atoms with Crippen molar-refractivity contribution in [2.45, 2.75) is 33.6 Å². The molecule has 0 saturated heterocycles. The Kier molecular flexibility index (Phi) is 4.89. The minimum Gasteiger partial charge on any atom is -0.304 e. The van der Waals surface area contributed by atoms with Crippen LogP contribution in [-0.2, 0) is 0 Å². The maximum atomic E-state index is 7.77. The van der Waals surface area contributed by atoms with Crippen molar-refractivity contribution in [3.05, 3.63) is 34.3 Å². The van der Waals surface area contributed by atoms with Crippen molar-refractivity contribution in [2.75, 3.05) is 5.75 Å². The molecule has 82 valence electrons. The molecule has 0 radical (unpaired) electrons. The fourth-order valence-electron chi connectivity index (χ4n) is 1.51. The van der Waals surface area contributed by atoms with Crippen LogP contribution in [0.3, 0.4) is 0 Å². The van der Waals surface area contributed by atoms with Gasteiger partial charge >= 0.3 is 0 Å². The van der Waals surface area contributed by atoms with Gasteiger partial charge in [-0.25, -0.2) is 0 Å². The fourth-order valence-corrected chi connectivity index (χ4v) is 2.48. The lowest BCUT2D eigenvalue weighted by molar-refractivity contribution is 1.000. The minimum absolute atomic E-state index is 0.717. The molecule has 1 rings (SSSR count). The highest BCUT2D eigenvalue weighted by Gasteiger charge is 2.06. The average molecular weight is 221 g/mol. The molecule has 0 saturated carbocycles. The molecule has 2 heteroatoms. The first kappa shape index (κ1) is 12.3. The van der Waals surface area contributed by atoms with Gasteiger partial charge in [-0.15, -0.1) is 11.8 Å². The molecule has 0 aromatic rings. The molecular formula is C13H19NS. The van der Waals surface area contributed by atoms with Crippen LogP contribution in [-0.4, -0.2) is 11.5 Å². The van der Waals surface area contributed by atoms with E-state index >= 15 is 0 Å². The normalized spacial score (nSPS) is 15.4. The molecule has 15 heavy (non-hydrogen) atoms. The van der Waals surface area contributed by atoms with Crippen molar-refractivity contribution in [2.24, 2.45) is 0 Å². The Morgan fingerprint density at radius 1 is 1.53 bits per heavy atom. The largest absolute Gasteiger partial charge is 0.304 e. The maximum Gasteiger partial charge on any atom is 0.0415 e. The molecule has 1 aliphatic carbocycles. The van der Waals surface area contributed by atoms with Crippen LogP contribution in [0.15, 0.2) is 34.3 Å². The van der Waals surface area contributed by atoms with E-state index in [0.29, 0.717) is 0 Å². The summed E-state index contributed by atoms with van der Waals surface area (Å²) in [5.74, 6) is 0.797. The lowest BCUT2D eigenvalue weighted by Gasteiger charge is -2.12. The predicted octanol–water partition coefficient (Wildman–Crippen LogP) is 4.33. The van der Waals surface area contributed by atoms with Crippen molar-refractivity contribution in [1.82, 2.24) is 0 Å². The third-order valence-corrected chi connectivity index (χ3v) is 3.54. The predicted molar refractivity (Wildman–Crippen MR) is 70.7 cm³/mol. The molecule has 0 aliphatic heterocycles. The molecule has 0 fully saturated rings. The van der Waals surface area contributed by atoms with Crippen molar-refractivity contribution < 1.29 is 0 Å². The van der Waals surface area contributed by atoms with E-state index in [1.54, 1.807) is 0 Å². The number of hydrogen-bond acceptors (Lipinski definition) is 2. The van der Waals surface area contributed by atoms with Crippen LogP contribution in [0.5, 0.6) is 0 Å². The van der Waals surface area contributed by atoms with E-state index in [-0.39, 0.29) is 0 Å². The van der Waals surface area contributed by atoms with Crippen molar-refractivity contribution in [3.63, 3.8) is 0 Å². The highest BCUT2D eigenvalue weighted by atomic mass is 32.2. The number of nitrogens with one attached hydrogen (secondary N) is 1. The standard InChI is InChI=1S/C13H19NS/c1-10(2)8-12(14)9-15-13-7-5-4-6-11(13)3/h4,6,8,14H,5,7,9H2,1-3H3. The van der Waals surface area contributed by atoms with Crippen LogP contribution in [0, 0.1) is 5.41 Å². The van der Waals surface area contributed by atoms with Crippen LogP contribution >= 0.6 is 11.8 Å². The highest BCUT2D eigenvalue weighted by Crippen LogP contribution is 2.28. The second-order valence-electron chi connectivity index (χ2n) is 4.08. The van der Waals surface area contributed by atoms with E-state index in [4.69, 9.17) is 5.41 Å². The van der Waals surface area contributed by atoms with E-state index in [9.17, 15) is 0 Å². The Bertz CT molecular complexity index is 330. The van der Waals surface area contributed by atoms with Crippen molar-refractivity contribution in [1.29, 1.82) is 5.41 Å². The average Bonchev–Trinajstić information content (AvgIpc) is 2.15. The van der Waals surface area contributed by atoms with Gasteiger partial charge in [-0.1, -0.05) is 17.7 Å². The Hall–Kier alpha value is -0.760. The second-order valence-corrected chi connectivity index (χ2v) is 5.15. The van der Waals surface area contributed by atoms with Gasteiger partial charge in [-0.3, -0.25) is 0 Å². The molecule has 1 aliphatic rings. The quantitative estimate of drug-likeness (QED) is 0.702. The summed E-state index contributed by atoms with van der Waals surface area (Å²) in [5, 5.41) is 7.77. The van der Waals surface area contributed by atoms with Crippen LogP contribution in [0.1, 0.15) is 33.6 Å². The zero-order chi connectivity index (χ0) is 11.3. The summed E-state index contributed by atoms with van der Waals surface area (Å²) in [4.78, 5) is 1.45. The number of rotatable bonds is 4. The molecule has 0 atom stereocenters. The Balaban J connectivity index is 2.47. The third kappa shape index (κ3) is 4.52. The Labute approximate surface area is 96.9 Å². The molecule has 0 amide bonds. The fraction of sp³-hybridized carbons (Fsp3) is 0.462. The Morgan fingerprint density at radius 3 is 2.87 bits per heavy atom. The minimum atomic E-state index is 0.717. The number of thioether (sulfide) groups is 1.